The number of hydrogen-bond donors (Lipinski definition) is 4. The van der Waals surface area contributed by atoms with Crippen LogP contribution in [0.2, 0.25) is 0 Å². The fraction of sp³-hybridized carbons (Fsp3) is 0.286. The summed E-state index contributed by atoms with van der Waals surface area (Å²) in [5.41, 5.74) is -0.814. The second kappa shape index (κ2) is 6.55. The van der Waals surface area contributed by atoms with Crippen molar-refractivity contribution in [2.75, 3.05) is 6.54 Å². The first kappa shape index (κ1) is 16.6. The number of aliphatic hydroxyl groups is 2. The molecule has 0 bridgehead atoms. The Morgan fingerprint density at radius 2 is 2.13 bits per heavy atom. The van der Waals surface area contributed by atoms with Crippen LogP contribution in [0.4, 0.5) is 5.69 Å². The molecule has 9 heteroatoms. The van der Waals surface area contributed by atoms with E-state index >= 15 is 0 Å². The minimum Gasteiger partial charge on any atom is -0.388 e. The highest BCUT2D eigenvalue weighted by Crippen LogP contribution is 2.21. The lowest BCUT2D eigenvalue weighted by Gasteiger charge is -2.18. The van der Waals surface area contributed by atoms with Gasteiger partial charge < -0.3 is 20.5 Å². The van der Waals surface area contributed by atoms with Gasteiger partial charge in [-0.15, -0.1) is 0 Å². The number of nitro groups is 1. The molecule has 9 nitrogen and oxygen atoms in total. The molecule has 0 saturated heterocycles. The Morgan fingerprint density at radius 1 is 1.43 bits per heavy atom. The average molecular weight is 321 g/mol. The number of pyridine rings is 1. The third-order valence-corrected chi connectivity index (χ3v) is 3.35. The smallest absolute Gasteiger partial charge is 0.332 e. The number of benzene rings is 1. The summed E-state index contributed by atoms with van der Waals surface area (Å²) in [7, 11) is 0. The molecule has 2 unspecified atom stereocenters. The molecule has 1 aromatic carbocycles. The highest BCUT2D eigenvalue weighted by atomic mass is 16.6. The van der Waals surface area contributed by atoms with E-state index in [0.29, 0.717) is 5.52 Å². The Balaban J connectivity index is 2.38. The molecule has 2 aromatic rings. The zero-order valence-electron chi connectivity index (χ0n) is 12.1. The maximum Gasteiger partial charge on any atom is 0.332 e. The fourth-order valence-electron chi connectivity index (χ4n) is 2.13. The molecule has 0 spiro atoms. The summed E-state index contributed by atoms with van der Waals surface area (Å²) in [4.78, 5) is 35.5. The van der Waals surface area contributed by atoms with Crippen molar-refractivity contribution in [3.05, 3.63) is 50.3 Å². The van der Waals surface area contributed by atoms with Crippen LogP contribution in [0.3, 0.4) is 0 Å². The molecule has 0 fully saturated rings. The maximum absolute atomic E-state index is 12.1. The minimum absolute atomic E-state index is 0.0301. The first-order valence-corrected chi connectivity index (χ1v) is 6.71. The molecule has 2 atom stereocenters. The van der Waals surface area contributed by atoms with Crippen LogP contribution in [0.15, 0.2) is 29.2 Å². The van der Waals surface area contributed by atoms with Gasteiger partial charge in [-0.25, -0.2) is 0 Å². The maximum atomic E-state index is 12.1. The number of hydrogen-bond acceptors (Lipinski definition) is 6. The Kier molecular flexibility index (Phi) is 4.72. The first-order chi connectivity index (χ1) is 10.8. The molecule has 2 rings (SSSR count). The number of aliphatic hydroxyl groups excluding tert-OH is 2. The first-order valence-electron chi connectivity index (χ1n) is 6.71. The van der Waals surface area contributed by atoms with Crippen LogP contribution in [-0.2, 0) is 4.79 Å². The topological polar surface area (TPSA) is 146 Å². The van der Waals surface area contributed by atoms with E-state index in [1.54, 1.807) is 0 Å². The summed E-state index contributed by atoms with van der Waals surface area (Å²) in [6.45, 7) is 1.10. The van der Waals surface area contributed by atoms with E-state index in [1.165, 1.54) is 25.1 Å². The van der Waals surface area contributed by atoms with Crippen molar-refractivity contribution < 1.29 is 19.9 Å². The van der Waals surface area contributed by atoms with Crippen molar-refractivity contribution in [2.45, 2.75) is 19.1 Å². The van der Waals surface area contributed by atoms with E-state index in [4.69, 9.17) is 0 Å². The second-order valence-corrected chi connectivity index (χ2v) is 5.01. The zero-order valence-corrected chi connectivity index (χ0v) is 12.1. The van der Waals surface area contributed by atoms with Gasteiger partial charge in [0.25, 0.3) is 5.43 Å². The quantitative estimate of drug-likeness (QED) is 0.449. The third kappa shape index (κ3) is 3.52. The monoisotopic (exact) mass is 321 g/mol. The van der Waals surface area contributed by atoms with Crippen molar-refractivity contribution in [3.63, 3.8) is 0 Å². The number of rotatable bonds is 5. The van der Waals surface area contributed by atoms with Crippen LogP contribution in [0.1, 0.15) is 18.6 Å². The van der Waals surface area contributed by atoms with Crippen LogP contribution in [0, 0.1) is 10.1 Å². The predicted molar refractivity (Wildman–Crippen MR) is 80.9 cm³/mol. The van der Waals surface area contributed by atoms with E-state index in [1.807, 2.05) is 0 Å². The van der Waals surface area contributed by atoms with E-state index < -0.39 is 28.2 Å². The molecule has 23 heavy (non-hydrogen) atoms. The molecular weight excluding hydrogens is 306 g/mol. The molecule has 0 aliphatic rings. The molecule has 4 N–H and O–H groups in total. The van der Waals surface area contributed by atoms with Crippen molar-refractivity contribution in [2.24, 2.45) is 0 Å². The van der Waals surface area contributed by atoms with Gasteiger partial charge in [-0.1, -0.05) is 6.07 Å². The van der Waals surface area contributed by atoms with E-state index in [-0.39, 0.29) is 23.4 Å². The number of carbonyl (C=O) groups excluding carboxylic acids is 1. The Hall–Kier alpha value is -2.78. The highest BCUT2D eigenvalue weighted by molar-refractivity contribution is 5.81. The summed E-state index contributed by atoms with van der Waals surface area (Å²) in [5.74, 6) is -0.359. The van der Waals surface area contributed by atoms with Crippen molar-refractivity contribution >= 4 is 22.5 Å². The van der Waals surface area contributed by atoms with E-state index in [9.17, 15) is 29.9 Å². The van der Waals surface area contributed by atoms with E-state index in [0.717, 1.165) is 6.20 Å². The van der Waals surface area contributed by atoms with Crippen molar-refractivity contribution in [1.29, 1.82) is 0 Å². The summed E-state index contributed by atoms with van der Waals surface area (Å²) in [6, 6.07) is 4.23. The van der Waals surface area contributed by atoms with Gasteiger partial charge in [-0.05, 0) is 17.7 Å². The van der Waals surface area contributed by atoms with Crippen LogP contribution < -0.4 is 10.7 Å². The van der Waals surface area contributed by atoms with E-state index in [2.05, 4.69) is 10.3 Å². The van der Waals surface area contributed by atoms with Crippen molar-refractivity contribution in [1.82, 2.24) is 10.3 Å². The molecule has 1 heterocycles. The summed E-state index contributed by atoms with van der Waals surface area (Å²) < 4.78 is 0. The Morgan fingerprint density at radius 3 is 2.74 bits per heavy atom. The van der Waals surface area contributed by atoms with Gasteiger partial charge in [-0.2, -0.15) is 0 Å². The molecule has 0 aliphatic carbocycles. The molecule has 0 saturated carbocycles. The van der Waals surface area contributed by atoms with Gasteiger partial charge >= 0.3 is 5.69 Å². The Labute approximate surface area is 129 Å². The minimum atomic E-state index is -1.36. The molecule has 1 amide bonds. The third-order valence-electron chi connectivity index (χ3n) is 3.35. The predicted octanol–water partition coefficient (Wildman–Crippen LogP) is -0.0333. The molecule has 0 radical (unpaired) electrons. The van der Waals surface area contributed by atoms with Gasteiger partial charge in [0, 0.05) is 19.0 Å². The number of carbonyl (C=O) groups is 1. The van der Waals surface area contributed by atoms with Gasteiger partial charge in [0.05, 0.1) is 16.5 Å². The standard InChI is InChI=1S/C14H15N3O6/c1-7(18)15-6-12(19)13(20)8-2-3-10-9(4-8)14(21)11(5-16-10)17(22)23/h2-5,12-13,19-20H,6H2,1H3,(H,15,18)(H,16,21). The largest absolute Gasteiger partial charge is 0.388 e. The lowest BCUT2D eigenvalue weighted by atomic mass is 10.0. The number of fused-ring (bicyclic) bond motifs is 1. The molecule has 1 aromatic heterocycles. The number of H-pyrrole nitrogens is 1. The SMILES string of the molecule is CC(=O)NCC(O)C(O)c1ccc2[nH]cc([N+](=O)[O-])c(=O)c2c1. The Bertz CT molecular complexity index is 816. The number of nitrogens with one attached hydrogen (secondary N) is 2. The molecule has 0 aliphatic heterocycles. The van der Waals surface area contributed by atoms with Gasteiger partial charge in [0.1, 0.15) is 12.2 Å². The van der Waals surface area contributed by atoms with Crippen LogP contribution in [0.5, 0.6) is 0 Å². The number of nitrogens with zero attached hydrogens (tertiary/aromatic N) is 1. The number of aromatic amines is 1. The van der Waals surface area contributed by atoms with Crippen LogP contribution >= 0.6 is 0 Å². The van der Waals surface area contributed by atoms with Crippen LogP contribution in [-0.4, -0.2) is 38.7 Å². The van der Waals surface area contributed by atoms with Crippen molar-refractivity contribution in [3.8, 4) is 0 Å². The lowest BCUT2D eigenvalue weighted by molar-refractivity contribution is -0.386. The second-order valence-electron chi connectivity index (χ2n) is 5.01. The zero-order chi connectivity index (χ0) is 17.1. The average Bonchev–Trinajstić information content (AvgIpc) is 2.51. The molecular formula is C14H15N3O6. The number of aromatic nitrogens is 1. The summed E-state index contributed by atoms with van der Waals surface area (Å²) >= 11 is 0. The van der Waals surface area contributed by atoms with Gasteiger partial charge in [0.2, 0.25) is 5.91 Å². The number of amides is 1. The highest BCUT2D eigenvalue weighted by Gasteiger charge is 2.21. The summed E-state index contributed by atoms with van der Waals surface area (Å²) in [6.07, 6.45) is -1.63. The normalized spacial score (nSPS) is 13.5. The lowest BCUT2D eigenvalue weighted by Crippen LogP contribution is -2.34. The summed E-state index contributed by atoms with van der Waals surface area (Å²) in [5, 5.41) is 33.1. The fourth-order valence-corrected chi connectivity index (χ4v) is 2.13. The van der Waals surface area contributed by atoms with Crippen LogP contribution in [0.25, 0.3) is 10.9 Å². The van der Waals surface area contributed by atoms with Gasteiger partial charge in [0.15, 0.2) is 0 Å². The molecule has 122 valence electrons. The van der Waals surface area contributed by atoms with Gasteiger partial charge in [-0.3, -0.25) is 19.7 Å².